The molecule has 150 valence electrons. The zero-order chi connectivity index (χ0) is 21.1. The molecule has 0 unspecified atom stereocenters. The van der Waals surface area contributed by atoms with Gasteiger partial charge in [0.05, 0.1) is 11.9 Å². The van der Waals surface area contributed by atoms with E-state index < -0.39 is 11.9 Å². The van der Waals surface area contributed by atoms with Crippen molar-refractivity contribution in [3.8, 4) is 11.5 Å². The minimum Gasteiger partial charge on any atom is -0.545 e. The molecule has 0 saturated carbocycles. The molecule has 32 heavy (non-hydrogen) atoms. The van der Waals surface area contributed by atoms with E-state index >= 15 is 0 Å². The molecule has 6 nitrogen and oxygen atoms in total. The average molecular weight is 446 g/mol. The van der Waals surface area contributed by atoms with Crippen LogP contribution in [0.15, 0.2) is 72.8 Å². The average Bonchev–Trinajstić information content (AvgIpc) is 2.75. The smallest absolute Gasteiger partial charge is 0.545 e. The molecule has 0 saturated heterocycles. The molecule has 4 rings (SSSR count). The molecule has 0 spiro atoms. The third-order valence-electron chi connectivity index (χ3n) is 4.72. The Balaban J connectivity index is 0.00000181. The fourth-order valence-corrected chi connectivity index (χ4v) is 3.20. The normalized spacial score (nSPS) is 10.1. The molecule has 0 heterocycles. The molecule has 0 aliphatic heterocycles. The largest absolute Gasteiger partial charge is 1.00 e. The second-order valence-corrected chi connectivity index (χ2v) is 6.72. The second-order valence-electron chi connectivity index (χ2n) is 6.72. The summed E-state index contributed by atoms with van der Waals surface area (Å²) in [5, 5.41) is 25.2. The maximum atomic E-state index is 10.9. The van der Waals surface area contributed by atoms with Gasteiger partial charge in [-0.3, -0.25) is 0 Å². The van der Waals surface area contributed by atoms with E-state index in [0.717, 1.165) is 21.5 Å². The number of hydrogen-bond acceptors (Lipinski definition) is 6. The summed E-state index contributed by atoms with van der Waals surface area (Å²) < 4.78 is 11.4. The van der Waals surface area contributed by atoms with Crippen LogP contribution in [0.3, 0.4) is 0 Å². The van der Waals surface area contributed by atoms with Crippen LogP contribution in [0.25, 0.3) is 21.5 Å². The molecular formula is C24H16Na2O6. The molecule has 0 radical (unpaired) electrons. The number of carbonyl (C=O) groups is 2. The predicted molar refractivity (Wildman–Crippen MR) is 108 cm³/mol. The number of ether oxygens (including phenoxy) is 2. The van der Waals surface area contributed by atoms with Gasteiger partial charge in [-0.05, 0) is 69.1 Å². The fourth-order valence-electron chi connectivity index (χ4n) is 3.20. The van der Waals surface area contributed by atoms with Crippen molar-refractivity contribution in [3.63, 3.8) is 0 Å². The van der Waals surface area contributed by atoms with Gasteiger partial charge in [-0.25, -0.2) is 0 Å². The van der Waals surface area contributed by atoms with E-state index in [9.17, 15) is 19.8 Å². The summed E-state index contributed by atoms with van der Waals surface area (Å²) in [6.45, 7) is 0.647. The Kier molecular flexibility index (Phi) is 9.58. The van der Waals surface area contributed by atoms with Crippen molar-refractivity contribution in [1.82, 2.24) is 0 Å². The minimum atomic E-state index is -1.21. The third-order valence-corrected chi connectivity index (χ3v) is 4.72. The maximum Gasteiger partial charge on any atom is 1.00 e. The Hall–Kier alpha value is -2.06. The number of carboxylic acids is 2. The molecule has 4 aromatic carbocycles. The minimum absolute atomic E-state index is 0. The van der Waals surface area contributed by atoms with E-state index in [1.165, 1.54) is 12.1 Å². The standard InChI is InChI=1S/C24H18O6.2Na/c25-23(26)19-3-1-17-13-21(7-5-15(17)11-19)29-9-10-30-22-8-6-16-12-20(24(27)28)4-2-18(16)14-22;;/h1-8,11-14H,9-10H2,(H,25,26)(H,27,28);;/q;2*+1/p-2. The molecule has 0 fully saturated rings. The summed E-state index contributed by atoms with van der Waals surface area (Å²) >= 11 is 0. The van der Waals surface area contributed by atoms with Crippen molar-refractivity contribution >= 4 is 33.5 Å². The molecule has 8 heteroatoms. The number of fused-ring (bicyclic) bond motifs is 2. The topological polar surface area (TPSA) is 98.7 Å². The van der Waals surface area contributed by atoms with Crippen molar-refractivity contribution in [2.75, 3.05) is 13.2 Å². The van der Waals surface area contributed by atoms with Crippen LogP contribution in [0.1, 0.15) is 20.7 Å². The van der Waals surface area contributed by atoms with Gasteiger partial charge in [-0.2, -0.15) is 0 Å². The SMILES string of the molecule is O=C([O-])c1ccc2cc(OCCOc3ccc4cc(C(=O)[O-])ccc4c3)ccc2c1.[Na+].[Na+]. The van der Waals surface area contributed by atoms with E-state index in [1.54, 1.807) is 48.5 Å². The zero-order valence-corrected chi connectivity index (χ0v) is 21.8. The fraction of sp³-hybridized carbons (Fsp3) is 0.0833. The summed E-state index contributed by atoms with van der Waals surface area (Å²) in [5.74, 6) is -1.11. The summed E-state index contributed by atoms with van der Waals surface area (Å²) in [4.78, 5) is 21.9. The number of aromatic carboxylic acids is 2. The molecule has 0 aliphatic rings. The molecule has 4 aromatic rings. The number of carbonyl (C=O) groups excluding carboxylic acids is 2. The Morgan fingerprint density at radius 1 is 0.562 bits per heavy atom. The first-order valence-corrected chi connectivity index (χ1v) is 9.25. The van der Waals surface area contributed by atoms with Crippen molar-refractivity contribution < 1.29 is 88.4 Å². The quantitative estimate of drug-likeness (QED) is 0.213. The van der Waals surface area contributed by atoms with E-state index in [2.05, 4.69) is 0 Å². The number of hydrogen-bond donors (Lipinski definition) is 0. The van der Waals surface area contributed by atoms with E-state index in [1.807, 2.05) is 12.1 Å². The first-order valence-electron chi connectivity index (χ1n) is 9.25. The monoisotopic (exact) mass is 446 g/mol. The van der Waals surface area contributed by atoms with E-state index in [4.69, 9.17) is 9.47 Å². The van der Waals surface area contributed by atoms with Gasteiger partial charge in [-0.1, -0.05) is 36.4 Å². The van der Waals surface area contributed by atoms with Gasteiger partial charge in [0.25, 0.3) is 0 Å². The van der Waals surface area contributed by atoms with Gasteiger partial charge in [0, 0.05) is 0 Å². The molecule has 0 N–H and O–H groups in total. The summed E-state index contributed by atoms with van der Waals surface area (Å²) in [6, 6.07) is 20.3. The van der Waals surface area contributed by atoms with Gasteiger partial charge < -0.3 is 29.3 Å². The molecule has 0 amide bonds. The summed E-state index contributed by atoms with van der Waals surface area (Å²) in [7, 11) is 0. The van der Waals surface area contributed by atoms with Crippen molar-refractivity contribution in [2.24, 2.45) is 0 Å². The van der Waals surface area contributed by atoms with Crippen LogP contribution in [0.5, 0.6) is 11.5 Å². The van der Waals surface area contributed by atoms with Crippen molar-refractivity contribution in [1.29, 1.82) is 0 Å². The van der Waals surface area contributed by atoms with Gasteiger partial charge in [0.2, 0.25) is 0 Å². The van der Waals surface area contributed by atoms with Crippen LogP contribution in [-0.4, -0.2) is 25.2 Å². The Morgan fingerprint density at radius 2 is 0.906 bits per heavy atom. The maximum absolute atomic E-state index is 10.9. The van der Waals surface area contributed by atoms with Crippen molar-refractivity contribution in [3.05, 3.63) is 83.9 Å². The Bertz CT molecular complexity index is 1170. The van der Waals surface area contributed by atoms with Gasteiger partial charge >= 0.3 is 59.1 Å². The van der Waals surface area contributed by atoms with Crippen LogP contribution in [0.2, 0.25) is 0 Å². The number of rotatable bonds is 7. The van der Waals surface area contributed by atoms with Crippen LogP contribution >= 0.6 is 0 Å². The van der Waals surface area contributed by atoms with Crippen LogP contribution in [0, 0.1) is 0 Å². The molecule has 0 bridgehead atoms. The van der Waals surface area contributed by atoms with Gasteiger partial charge in [-0.15, -0.1) is 0 Å². The summed E-state index contributed by atoms with van der Waals surface area (Å²) in [5.41, 5.74) is 0.270. The van der Waals surface area contributed by atoms with Crippen molar-refractivity contribution in [2.45, 2.75) is 0 Å². The summed E-state index contributed by atoms with van der Waals surface area (Å²) in [6.07, 6.45) is 0. The van der Waals surface area contributed by atoms with Crippen LogP contribution in [0.4, 0.5) is 0 Å². The van der Waals surface area contributed by atoms with Gasteiger partial charge in [0.15, 0.2) is 0 Å². The first kappa shape index (κ1) is 26.2. The predicted octanol–water partition coefficient (Wildman–Crippen LogP) is -3.81. The molecular weight excluding hydrogens is 430 g/mol. The Labute approximate surface area is 228 Å². The molecule has 0 aromatic heterocycles. The molecule has 0 aliphatic carbocycles. The third kappa shape index (κ3) is 6.25. The number of benzene rings is 4. The number of carboxylic acid groups (broad SMARTS) is 2. The van der Waals surface area contributed by atoms with Gasteiger partial charge in [0.1, 0.15) is 24.7 Å². The second kappa shape index (κ2) is 11.7. The van der Waals surface area contributed by atoms with E-state index in [-0.39, 0.29) is 70.2 Å². The first-order chi connectivity index (χ1) is 14.5. The van der Waals surface area contributed by atoms with E-state index in [0.29, 0.717) is 24.7 Å². The van der Waals surface area contributed by atoms with Crippen LogP contribution in [-0.2, 0) is 0 Å². The zero-order valence-electron chi connectivity index (χ0n) is 17.8. The molecule has 0 atom stereocenters. The Morgan fingerprint density at radius 3 is 1.28 bits per heavy atom. The van der Waals surface area contributed by atoms with Crippen LogP contribution < -0.4 is 78.8 Å².